The van der Waals surface area contributed by atoms with Gasteiger partial charge >= 0.3 is 0 Å². The maximum absolute atomic E-state index is 6.38. The number of fused-ring (bicyclic) bond motifs is 1. The molecule has 0 bridgehead atoms. The van der Waals surface area contributed by atoms with Crippen LogP contribution >= 0.6 is 12.4 Å². The van der Waals surface area contributed by atoms with Crippen LogP contribution in [0.3, 0.4) is 0 Å². The van der Waals surface area contributed by atoms with Gasteiger partial charge in [0.1, 0.15) is 11.6 Å². The van der Waals surface area contributed by atoms with Crippen LogP contribution in [0.2, 0.25) is 0 Å². The second-order valence-corrected chi connectivity index (χ2v) is 7.40. The van der Waals surface area contributed by atoms with Crippen LogP contribution in [0, 0.1) is 5.41 Å². The predicted molar refractivity (Wildman–Crippen MR) is 101 cm³/mol. The summed E-state index contributed by atoms with van der Waals surface area (Å²) >= 11 is 0. The number of aryl methyl sites for hydroxylation is 1. The number of nitrogens with one attached hydrogen (secondary N) is 1. The van der Waals surface area contributed by atoms with E-state index in [1.54, 1.807) is 10.9 Å². The Bertz CT molecular complexity index is 913. The van der Waals surface area contributed by atoms with Crippen molar-refractivity contribution in [3.05, 3.63) is 30.9 Å². The van der Waals surface area contributed by atoms with Gasteiger partial charge in [0.2, 0.25) is 5.88 Å². The van der Waals surface area contributed by atoms with Crippen LogP contribution in [0.25, 0.3) is 16.8 Å². The molecule has 2 atom stereocenters. The molecule has 8 heteroatoms. The zero-order valence-electron chi connectivity index (χ0n) is 14.8. The van der Waals surface area contributed by atoms with E-state index >= 15 is 0 Å². The molecule has 1 saturated carbocycles. The molecule has 26 heavy (non-hydrogen) atoms. The summed E-state index contributed by atoms with van der Waals surface area (Å²) in [6.07, 6.45) is 12.4. The van der Waals surface area contributed by atoms with E-state index in [1.165, 1.54) is 12.8 Å². The molecule has 1 aliphatic heterocycles. The van der Waals surface area contributed by atoms with Crippen molar-refractivity contribution in [2.75, 3.05) is 13.1 Å². The molecule has 3 aromatic heterocycles. The second kappa shape index (κ2) is 6.55. The zero-order valence-corrected chi connectivity index (χ0v) is 15.6. The Balaban J connectivity index is 0.00000168. The third-order valence-electron chi connectivity index (χ3n) is 5.62. The van der Waals surface area contributed by atoms with Crippen molar-refractivity contribution in [2.45, 2.75) is 31.8 Å². The Morgan fingerprint density at radius 2 is 2.19 bits per heavy atom. The lowest BCUT2D eigenvalue weighted by molar-refractivity contribution is 0.183. The normalized spacial score (nSPS) is 25.0. The third-order valence-corrected chi connectivity index (χ3v) is 5.62. The van der Waals surface area contributed by atoms with E-state index in [1.807, 2.05) is 36.2 Å². The minimum Gasteiger partial charge on any atom is -0.473 e. The minimum atomic E-state index is 0. The summed E-state index contributed by atoms with van der Waals surface area (Å²) in [6.45, 7) is 2.26. The van der Waals surface area contributed by atoms with Crippen LogP contribution in [0.15, 0.2) is 30.9 Å². The first-order valence-corrected chi connectivity index (χ1v) is 8.92. The summed E-state index contributed by atoms with van der Waals surface area (Å²) < 4.78 is 9.99. The number of ether oxygens (including phenoxy) is 1. The SMILES string of the molecule is Cl.Cn1cc(-c2cn3nccc3c(OC3CC[C@]4(CCNC4)C3)n2)cn1. The minimum absolute atomic E-state index is 0. The second-order valence-electron chi connectivity index (χ2n) is 7.40. The molecule has 7 nitrogen and oxygen atoms in total. The van der Waals surface area contributed by atoms with E-state index in [-0.39, 0.29) is 18.5 Å². The third kappa shape index (κ3) is 2.95. The molecular weight excluding hydrogens is 352 g/mol. The van der Waals surface area contributed by atoms with Crippen LogP contribution < -0.4 is 10.1 Å². The number of rotatable bonds is 3. The highest BCUT2D eigenvalue weighted by molar-refractivity contribution is 5.85. The Hall–Kier alpha value is -2.12. The summed E-state index contributed by atoms with van der Waals surface area (Å²) in [5.41, 5.74) is 3.14. The zero-order chi connectivity index (χ0) is 16.9. The first-order chi connectivity index (χ1) is 12.2. The van der Waals surface area contributed by atoms with E-state index in [0.717, 1.165) is 42.7 Å². The van der Waals surface area contributed by atoms with Gasteiger partial charge in [0.15, 0.2) is 0 Å². The van der Waals surface area contributed by atoms with E-state index in [4.69, 9.17) is 9.72 Å². The summed E-state index contributed by atoms with van der Waals surface area (Å²) in [6, 6.07) is 1.96. The van der Waals surface area contributed by atoms with Gasteiger partial charge in [-0.05, 0) is 43.7 Å². The van der Waals surface area contributed by atoms with Gasteiger partial charge in [0.05, 0.1) is 24.3 Å². The van der Waals surface area contributed by atoms with Crippen LogP contribution in [0.5, 0.6) is 5.88 Å². The smallest absolute Gasteiger partial charge is 0.240 e. The Kier molecular flexibility index (Phi) is 4.36. The van der Waals surface area contributed by atoms with Crippen molar-refractivity contribution in [3.63, 3.8) is 0 Å². The molecule has 138 valence electrons. The summed E-state index contributed by atoms with van der Waals surface area (Å²) in [5.74, 6) is 0.673. The van der Waals surface area contributed by atoms with Gasteiger partial charge in [-0.1, -0.05) is 0 Å². The van der Waals surface area contributed by atoms with Crippen LogP contribution in [-0.2, 0) is 7.05 Å². The molecular formula is C18H23ClN6O. The first kappa shape index (κ1) is 17.3. The maximum atomic E-state index is 6.38. The molecule has 1 unspecified atom stereocenters. The van der Waals surface area contributed by atoms with Crippen LogP contribution in [-0.4, -0.2) is 43.6 Å². The Labute approximate surface area is 158 Å². The topological polar surface area (TPSA) is 69.3 Å². The maximum Gasteiger partial charge on any atom is 0.240 e. The van der Waals surface area contributed by atoms with Gasteiger partial charge in [0, 0.05) is 25.4 Å². The molecule has 1 N–H and O–H groups in total. The lowest BCUT2D eigenvalue weighted by atomic mass is 9.85. The van der Waals surface area contributed by atoms with Crippen LogP contribution in [0.1, 0.15) is 25.7 Å². The molecule has 0 amide bonds. The van der Waals surface area contributed by atoms with Gasteiger partial charge in [-0.25, -0.2) is 9.50 Å². The highest BCUT2D eigenvalue weighted by Gasteiger charge is 2.42. The molecule has 3 aromatic rings. The number of hydrogen-bond donors (Lipinski definition) is 1. The molecule has 1 spiro atoms. The number of halogens is 1. The van der Waals surface area contributed by atoms with E-state index in [2.05, 4.69) is 15.5 Å². The van der Waals surface area contributed by atoms with Gasteiger partial charge in [-0.3, -0.25) is 4.68 Å². The fraction of sp³-hybridized carbons (Fsp3) is 0.500. The molecule has 2 aliphatic rings. The standard InChI is InChI=1S/C18H22N6O.ClH/c1-23-10-13(9-21-23)15-11-24-16(3-6-20-24)17(22-15)25-14-2-4-18(8-14)5-7-19-12-18;/h3,6,9-11,14,19H,2,4-5,7-8,12H2,1H3;1H/t14?,18-;/m0./s1. The van der Waals surface area contributed by atoms with Crippen molar-refractivity contribution in [1.29, 1.82) is 0 Å². The number of nitrogens with zero attached hydrogens (tertiary/aromatic N) is 5. The first-order valence-electron chi connectivity index (χ1n) is 8.92. The summed E-state index contributed by atoms with van der Waals surface area (Å²) in [5, 5.41) is 12.1. The molecule has 1 aliphatic carbocycles. The van der Waals surface area contributed by atoms with Crippen molar-refractivity contribution < 1.29 is 4.74 Å². The van der Waals surface area contributed by atoms with Crippen molar-refractivity contribution in [2.24, 2.45) is 12.5 Å². The van der Waals surface area contributed by atoms with E-state index < -0.39 is 0 Å². The number of hydrogen-bond acceptors (Lipinski definition) is 5. The van der Waals surface area contributed by atoms with Crippen LogP contribution in [0.4, 0.5) is 0 Å². The lowest BCUT2D eigenvalue weighted by Gasteiger charge is -2.21. The molecule has 0 aromatic carbocycles. The summed E-state index contributed by atoms with van der Waals surface area (Å²) in [4.78, 5) is 4.78. The number of aromatic nitrogens is 5. The molecule has 5 rings (SSSR count). The van der Waals surface area contributed by atoms with E-state index in [0.29, 0.717) is 11.3 Å². The van der Waals surface area contributed by atoms with Gasteiger partial charge < -0.3 is 10.1 Å². The average Bonchev–Trinajstić information content (AvgIpc) is 3.37. The monoisotopic (exact) mass is 374 g/mol. The van der Waals surface area contributed by atoms with Crippen molar-refractivity contribution >= 4 is 17.9 Å². The summed E-state index contributed by atoms with van der Waals surface area (Å²) in [7, 11) is 1.90. The van der Waals surface area contributed by atoms with Gasteiger partial charge in [0.25, 0.3) is 0 Å². The largest absolute Gasteiger partial charge is 0.473 e. The van der Waals surface area contributed by atoms with Gasteiger partial charge in [-0.2, -0.15) is 10.2 Å². The fourth-order valence-corrected chi connectivity index (χ4v) is 4.27. The highest BCUT2D eigenvalue weighted by Crippen LogP contribution is 2.44. The fourth-order valence-electron chi connectivity index (χ4n) is 4.27. The lowest BCUT2D eigenvalue weighted by Crippen LogP contribution is -2.23. The van der Waals surface area contributed by atoms with Crippen molar-refractivity contribution in [1.82, 2.24) is 29.7 Å². The molecule has 4 heterocycles. The predicted octanol–water partition coefficient (Wildman–Crippen LogP) is 2.46. The highest BCUT2D eigenvalue weighted by atomic mass is 35.5. The van der Waals surface area contributed by atoms with Gasteiger partial charge in [-0.15, -0.1) is 12.4 Å². The Morgan fingerprint density at radius 3 is 2.96 bits per heavy atom. The van der Waals surface area contributed by atoms with Crippen molar-refractivity contribution in [3.8, 4) is 17.1 Å². The quantitative estimate of drug-likeness (QED) is 0.762. The van der Waals surface area contributed by atoms with E-state index in [9.17, 15) is 0 Å². The molecule has 2 fully saturated rings. The molecule has 1 saturated heterocycles. The molecule has 0 radical (unpaired) electrons. The average molecular weight is 375 g/mol. The Morgan fingerprint density at radius 1 is 1.27 bits per heavy atom.